The quantitative estimate of drug-likeness (QED) is 0.799. The lowest BCUT2D eigenvalue weighted by Crippen LogP contribution is -2.18. The SMILES string of the molecule is O=C(O)C(=O)Cc1cnccc1C(F)(F)F. The van der Waals surface area contributed by atoms with Crippen LogP contribution in [0.3, 0.4) is 0 Å². The molecule has 0 fully saturated rings. The van der Waals surface area contributed by atoms with E-state index in [2.05, 4.69) is 4.98 Å². The molecule has 16 heavy (non-hydrogen) atoms. The standard InChI is InChI=1S/C9H6F3NO3/c10-9(11,12)6-1-2-13-4-5(6)3-7(14)8(15)16/h1-2,4H,3H2,(H,15,16). The fourth-order valence-corrected chi connectivity index (χ4v) is 1.09. The maximum absolute atomic E-state index is 12.4. The van der Waals surface area contributed by atoms with Gasteiger partial charge < -0.3 is 5.11 Å². The van der Waals surface area contributed by atoms with E-state index in [1.807, 2.05) is 0 Å². The van der Waals surface area contributed by atoms with Crippen molar-refractivity contribution in [2.24, 2.45) is 0 Å². The Morgan fingerprint density at radius 1 is 1.38 bits per heavy atom. The highest BCUT2D eigenvalue weighted by Gasteiger charge is 2.34. The van der Waals surface area contributed by atoms with Gasteiger partial charge in [-0.05, 0) is 11.6 Å². The molecule has 0 atom stereocenters. The van der Waals surface area contributed by atoms with Gasteiger partial charge in [0.05, 0.1) is 5.56 Å². The minimum atomic E-state index is -4.63. The van der Waals surface area contributed by atoms with Gasteiger partial charge in [0.15, 0.2) is 0 Å². The van der Waals surface area contributed by atoms with Gasteiger partial charge in [-0.25, -0.2) is 4.79 Å². The summed E-state index contributed by atoms with van der Waals surface area (Å²) >= 11 is 0. The second-order valence-corrected chi connectivity index (χ2v) is 2.94. The molecule has 0 bridgehead atoms. The predicted octanol–water partition coefficient (Wildman–Crippen LogP) is 1.30. The first-order valence-corrected chi connectivity index (χ1v) is 4.08. The number of ketones is 1. The van der Waals surface area contributed by atoms with Gasteiger partial charge in [-0.3, -0.25) is 9.78 Å². The zero-order valence-electron chi connectivity index (χ0n) is 7.78. The smallest absolute Gasteiger partial charge is 0.416 e. The van der Waals surface area contributed by atoms with Gasteiger partial charge in [0, 0.05) is 18.8 Å². The minimum absolute atomic E-state index is 0.442. The lowest BCUT2D eigenvalue weighted by Gasteiger charge is -2.10. The van der Waals surface area contributed by atoms with E-state index in [0.717, 1.165) is 12.4 Å². The molecule has 1 rings (SSSR count). The molecule has 0 spiro atoms. The summed E-state index contributed by atoms with van der Waals surface area (Å²) in [5, 5.41) is 8.29. The third kappa shape index (κ3) is 2.78. The molecule has 0 unspecified atom stereocenters. The van der Waals surface area contributed by atoms with Crippen LogP contribution >= 0.6 is 0 Å². The zero-order chi connectivity index (χ0) is 12.3. The number of Topliss-reactive ketones (excluding diaryl/α,β-unsaturated/α-hetero) is 1. The molecule has 1 heterocycles. The van der Waals surface area contributed by atoms with Crippen LogP contribution in [-0.4, -0.2) is 21.8 Å². The number of rotatable bonds is 3. The summed E-state index contributed by atoms with van der Waals surface area (Å²) in [4.78, 5) is 24.4. The highest BCUT2D eigenvalue weighted by molar-refractivity contribution is 6.33. The molecule has 7 heteroatoms. The monoisotopic (exact) mass is 233 g/mol. The van der Waals surface area contributed by atoms with E-state index in [1.165, 1.54) is 0 Å². The van der Waals surface area contributed by atoms with Gasteiger partial charge in [0.25, 0.3) is 0 Å². The molecule has 1 N–H and O–H groups in total. The number of aliphatic carboxylic acids is 1. The number of aromatic nitrogens is 1. The van der Waals surface area contributed by atoms with Crippen LogP contribution in [-0.2, 0) is 22.2 Å². The maximum Gasteiger partial charge on any atom is 0.416 e. The summed E-state index contributed by atoms with van der Waals surface area (Å²) in [7, 11) is 0. The lowest BCUT2D eigenvalue weighted by atomic mass is 10.0. The van der Waals surface area contributed by atoms with Gasteiger partial charge in [-0.15, -0.1) is 0 Å². The van der Waals surface area contributed by atoms with Crippen LogP contribution in [0.2, 0.25) is 0 Å². The fraction of sp³-hybridized carbons (Fsp3) is 0.222. The number of pyridine rings is 1. The molecular formula is C9H6F3NO3. The third-order valence-electron chi connectivity index (χ3n) is 1.80. The molecule has 1 aromatic heterocycles. The Bertz CT molecular complexity index is 428. The summed E-state index contributed by atoms with van der Waals surface area (Å²) in [5.41, 5.74) is -1.49. The van der Waals surface area contributed by atoms with Crippen molar-refractivity contribution in [1.29, 1.82) is 0 Å². The number of carboxylic acid groups (broad SMARTS) is 1. The molecular weight excluding hydrogens is 227 g/mol. The fourth-order valence-electron chi connectivity index (χ4n) is 1.09. The minimum Gasteiger partial charge on any atom is -0.475 e. The molecule has 0 aliphatic carbocycles. The first-order valence-electron chi connectivity index (χ1n) is 4.08. The molecule has 86 valence electrons. The summed E-state index contributed by atoms with van der Waals surface area (Å²) in [6.45, 7) is 0. The molecule has 0 aromatic carbocycles. The predicted molar refractivity (Wildman–Crippen MR) is 45.6 cm³/mol. The summed E-state index contributed by atoms with van der Waals surface area (Å²) in [6.07, 6.45) is -3.68. The Balaban J connectivity index is 3.05. The van der Waals surface area contributed by atoms with E-state index >= 15 is 0 Å². The number of carbonyl (C=O) groups is 2. The number of hydrogen-bond donors (Lipinski definition) is 1. The van der Waals surface area contributed by atoms with Crippen LogP contribution in [0.25, 0.3) is 0 Å². The Hall–Kier alpha value is -1.92. The van der Waals surface area contributed by atoms with E-state index in [1.54, 1.807) is 0 Å². The number of carboxylic acids is 1. The number of hydrogen-bond acceptors (Lipinski definition) is 3. The van der Waals surface area contributed by atoms with Gasteiger partial charge in [-0.2, -0.15) is 13.2 Å². The van der Waals surface area contributed by atoms with E-state index < -0.39 is 35.5 Å². The number of nitrogens with zero attached hydrogens (tertiary/aromatic N) is 1. The highest BCUT2D eigenvalue weighted by Crippen LogP contribution is 2.31. The zero-order valence-corrected chi connectivity index (χ0v) is 7.78. The number of carbonyl (C=O) groups excluding carboxylic acids is 1. The Morgan fingerprint density at radius 3 is 2.50 bits per heavy atom. The van der Waals surface area contributed by atoms with E-state index in [9.17, 15) is 22.8 Å². The van der Waals surface area contributed by atoms with Crippen molar-refractivity contribution in [1.82, 2.24) is 4.98 Å². The second kappa shape index (κ2) is 4.30. The van der Waals surface area contributed by atoms with E-state index in [0.29, 0.717) is 6.07 Å². The van der Waals surface area contributed by atoms with Crippen LogP contribution in [0, 0.1) is 0 Å². The number of halogens is 3. The molecule has 4 nitrogen and oxygen atoms in total. The molecule has 0 amide bonds. The average molecular weight is 233 g/mol. The van der Waals surface area contributed by atoms with Crippen molar-refractivity contribution in [3.8, 4) is 0 Å². The maximum atomic E-state index is 12.4. The van der Waals surface area contributed by atoms with Crippen LogP contribution in [0.15, 0.2) is 18.5 Å². The summed E-state index contributed by atoms with van der Waals surface area (Å²) in [6, 6.07) is 0.699. The molecule has 0 radical (unpaired) electrons. The lowest BCUT2D eigenvalue weighted by molar-refractivity contribution is -0.149. The molecule has 0 aliphatic rings. The van der Waals surface area contributed by atoms with Crippen molar-refractivity contribution in [3.63, 3.8) is 0 Å². The Morgan fingerprint density at radius 2 is 2.00 bits per heavy atom. The molecule has 0 saturated carbocycles. The Labute approximate surface area is 87.7 Å². The van der Waals surface area contributed by atoms with Crippen LogP contribution in [0.4, 0.5) is 13.2 Å². The van der Waals surface area contributed by atoms with Crippen molar-refractivity contribution >= 4 is 11.8 Å². The van der Waals surface area contributed by atoms with Crippen LogP contribution < -0.4 is 0 Å². The first-order chi connectivity index (χ1) is 7.32. The second-order valence-electron chi connectivity index (χ2n) is 2.94. The van der Waals surface area contributed by atoms with Crippen LogP contribution in [0.5, 0.6) is 0 Å². The summed E-state index contributed by atoms with van der Waals surface area (Å²) < 4.78 is 37.2. The number of alkyl halides is 3. The van der Waals surface area contributed by atoms with E-state index in [-0.39, 0.29) is 0 Å². The largest absolute Gasteiger partial charge is 0.475 e. The van der Waals surface area contributed by atoms with Crippen molar-refractivity contribution < 1.29 is 27.9 Å². The highest BCUT2D eigenvalue weighted by atomic mass is 19.4. The average Bonchev–Trinajstić information content (AvgIpc) is 2.16. The van der Waals surface area contributed by atoms with Crippen molar-refractivity contribution in [2.75, 3.05) is 0 Å². The molecule has 0 aliphatic heterocycles. The topological polar surface area (TPSA) is 67.3 Å². The third-order valence-corrected chi connectivity index (χ3v) is 1.80. The molecule has 1 aromatic rings. The molecule has 0 saturated heterocycles. The van der Waals surface area contributed by atoms with Crippen molar-refractivity contribution in [2.45, 2.75) is 12.6 Å². The van der Waals surface area contributed by atoms with Gasteiger partial charge in [0.1, 0.15) is 0 Å². The van der Waals surface area contributed by atoms with E-state index in [4.69, 9.17) is 5.11 Å². The Kier molecular flexibility index (Phi) is 3.26. The van der Waals surface area contributed by atoms with Gasteiger partial charge >= 0.3 is 12.1 Å². The first kappa shape index (κ1) is 12.2. The normalized spacial score (nSPS) is 11.2. The summed E-state index contributed by atoms with van der Waals surface area (Å²) in [5.74, 6) is -3.07. The van der Waals surface area contributed by atoms with Crippen molar-refractivity contribution in [3.05, 3.63) is 29.6 Å². The van der Waals surface area contributed by atoms with Gasteiger partial charge in [0.2, 0.25) is 5.78 Å². The van der Waals surface area contributed by atoms with Gasteiger partial charge in [-0.1, -0.05) is 0 Å². The van der Waals surface area contributed by atoms with Crippen LogP contribution in [0.1, 0.15) is 11.1 Å².